The number of rotatable bonds is 13. The first-order valence-electron chi connectivity index (χ1n) is 10.7. The molecular formula is C17H24N6O14P2. The number of anilines is 1. The van der Waals surface area contributed by atoms with Crippen molar-refractivity contribution in [2.75, 3.05) is 18.9 Å². The van der Waals surface area contributed by atoms with Gasteiger partial charge in [-0.3, -0.25) is 23.4 Å². The average molecular weight is 598 g/mol. The number of carbonyl (C=O) groups excluding carboxylic acids is 1. The monoisotopic (exact) mass is 598 g/mol. The number of carbonyl (C=O) groups is 2. The minimum Gasteiger partial charge on any atom is -0.477 e. The van der Waals surface area contributed by atoms with Crippen molar-refractivity contribution in [1.29, 1.82) is 0 Å². The van der Waals surface area contributed by atoms with Crippen LogP contribution in [0.5, 0.6) is 0 Å². The number of fused-ring (bicyclic) bond motifs is 1. The van der Waals surface area contributed by atoms with Crippen molar-refractivity contribution in [1.82, 2.24) is 19.5 Å². The Bertz CT molecular complexity index is 1340. The fourth-order valence-corrected chi connectivity index (χ4v) is 5.36. The van der Waals surface area contributed by atoms with Gasteiger partial charge < -0.3 is 40.7 Å². The van der Waals surface area contributed by atoms with E-state index in [-0.39, 0.29) is 17.0 Å². The highest BCUT2D eigenvalue weighted by Crippen LogP contribution is 2.60. The van der Waals surface area contributed by atoms with Gasteiger partial charge >= 0.3 is 21.6 Å². The predicted octanol–water partition coefficient (Wildman–Crippen LogP) is -2.25. The number of nitrogens with two attached hydrogens (primary N) is 1. The average Bonchev–Trinajstić information content (AvgIpc) is 3.40. The standard InChI is InChI=1S/C17H24N6O14P2/c1-7(19-2-10(25)26)12(27)8(24)3-34-38(30,31)37-39(32,33)35-4-9-13(28)14(29)17(36-9)23-6-22-11-15(18)20-5-21-16(11)23/h2,5-9,13-14,17,24,28-29H,3-4H2,1H3,(H,25,26)(H,30,31)(H,32,33)(H2,18,20,21)/t7-,8+,9+,13+,14+,17+/m0/s1. The molecule has 39 heavy (non-hydrogen) atoms. The van der Waals surface area contributed by atoms with Crippen molar-refractivity contribution in [2.24, 2.45) is 4.99 Å². The smallest absolute Gasteiger partial charge is 0.477 e. The molecule has 216 valence electrons. The van der Waals surface area contributed by atoms with E-state index >= 15 is 0 Å². The van der Waals surface area contributed by atoms with Crippen LogP contribution in [0.2, 0.25) is 0 Å². The maximum atomic E-state index is 12.2. The molecule has 3 rings (SSSR count). The molecule has 0 saturated carbocycles. The van der Waals surface area contributed by atoms with E-state index in [1.807, 2.05) is 0 Å². The van der Waals surface area contributed by atoms with Gasteiger partial charge in [0.2, 0.25) is 0 Å². The third kappa shape index (κ3) is 7.68. The molecule has 0 amide bonds. The Morgan fingerprint density at radius 3 is 2.54 bits per heavy atom. The Kier molecular flexibility index (Phi) is 9.63. The molecular weight excluding hydrogens is 574 g/mol. The lowest BCUT2D eigenvalue weighted by Gasteiger charge is -2.20. The number of aliphatic hydroxyl groups excluding tert-OH is 3. The van der Waals surface area contributed by atoms with Crippen molar-refractivity contribution in [3.63, 3.8) is 0 Å². The second kappa shape index (κ2) is 12.2. The van der Waals surface area contributed by atoms with Gasteiger partial charge in [0.15, 0.2) is 23.5 Å². The number of carboxylic acid groups (broad SMARTS) is 1. The predicted molar refractivity (Wildman–Crippen MR) is 125 cm³/mol. The summed E-state index contributed by atoms with van der Waals surface area (Å²) in [6.45, 7) is -0.980. The van der Waals surface area contributed by atoms with Crippen LogP contribution >= 0.6 is 15.6 Å². The van der Waals surface area contributed by atoms with Gasteiger partial charge in [-0.15, -0.1) is 0 Å². The Morgan fingerprint density at radius 2 is 1.87 bits per heavy atom. The van der Waals surface area contributed by atoms with Gasteiger partial charge in [-0.2, -0.15) is 4.31 Å². The lowest BCUT2D eigenvalue weighted by Crippen LogP contribution is -2.33. The Morgan fingerprint density at radius 1 is 1.21 bits per heavy atom. The number of aliphatic imine (C=N–C) groups is 1. The first-order valence-corrected chi connectivity index (χ1v) is 13.7. The Balaban J connectivity index is 1.56. The number of hydrogen-bond donors (Lipinski definition) is 7. The van der Waals surface area contributed by atoms with Crippen LogP contribution in [-0.4, -0.2) is 111 Å². The second-order valence-electron chi connectivity index (χ2n) is 7.95. The van der Waals surface area contributed by atoms with Crippen LogP contribution < -0.4 is 5.73 Å². The first-order chi connectivity index (χ1) is 18.1. The van der Waals surface area contributed by atoms with Gasteiger partial charge in [0.25, 0.3) is 0 Å². The third-order valence-electron chi connectivity index (χ3n) is 5.15. The third-order valence-corrected chi connectivity index (χ3v) is 7.75. The fourth-order valence-electron chi connectivity index (χ4n) is 3.27. The van der Waals surface area contributed by atoms with Gasteiger partial charge in [0.05, 0.1) is 19.5 Å². The quantitative estimate of drug-likeness (QED) is 0.0945. The summed E-state index contributed by atoms with van der Waals surface area (Å²) in [5.74, 6) is -2.50. The van der Waals surface area contributed by atoms with E-state index in [0.29, 0.717) is 6.21 Å². The SMILES string of the molecule is C[C@H](N=CC(=O)O)C(=O)[C@H](O)COP(=O)(O)OP(=O)(O)OC[C@H]1O[C@@H](n2cnc3c(N)ncnc32)[C@H](O)[C@@H]1O. The highest BCUT2D eigenvalue weighted by Gasteiger charge is 2.46. The number of imidazole rings is 1. The van der Waals surface area contributed by atoms with Crippen molar-refractivity contribution < 1.29 is 67.0 Å². The molecule has 0 spiro atoms. The zero-order valence-corrected chi connectivity index (χ0v) is 21.6. The number of ketones is 1. The summed E-state index contributed by atoms with van der Waals surface area (Å²) in [6.07, 6.45) is -5.34. The van der Waals surface area contributed by atoms with Crippen LogP contribution in [0.3, 0.4) is 0 Å². The molecule has 1 aliphatic heterocycles. The molecule has 20 nitrogen and oxygen atoms in total. The number of nitrogens with zero attached hydrogens (tertiary/aromatic N) is 5. The van der Waals surface area contributed by atoms with E-state index in [9.17, 15) is 43.8 Å². The highest BCUT2D eigenvalue weighted by atomic mass is 31.3. The van der Waals surface area contributed by atoms with Crippen LogP contribution in [0.25, 0.3) is 11.2 Å². The molecule has 8 N–H and O–H groups in total. The summed E-state index contributed by atoms with van der Waals surface area (Å²) in [5.41, 5.74) is 6.05. The molecule has 2 aromatic heterocycles. The van der Waals surface area contributed by atoms with E-state index in [4.69, 9.17) is 15.6 Å². The maximum absolute atomic E-state index is 12.2. The summed E-state index contributed by atoms with van der Waals surface area (Å²) in [7, 11) is -10.8. The van der Waals surface area contributed by atoms with E-state index in [1.165, 1.54) is 10.9 Å². The molecule has 1 saturated heterocycles. The molecule has 2 unspecified atom stereocenters. The fraction of sp³-hybridized carbons (Fsp3) is 0.529. The number of nitrogen functional groups attached to an aromatic ring is 1. The Hall–Kier alpha value is -2.74. The number of phosphoric ester groups is 2. The number of carboxylic acids is 1. The summed E-state index contributed by atoms with van der Waals surface area (Å²) in [5, 5.41) is 39.0. The van der Waals surface area contributed by atoms with E-state index in [1.54, 1.807) is 0 Å². The highest BCUT2D eigenvalue weighted by molar-refractivity contribution is 7.61. The summed E-state index contributed by atoms with van der Waals surface area (Å²) in [4.78, 5) is 57.0. The number of Topliss-reactive ketones (excluding diaryl/α,β-unsaturated/α-hetero) is 1. The molecule has 3 heterocycles. The van der Waals surface area contributed by atoms with E-state index in [2.05, 4.69) is 33.3 Å². The van der Waals surface area contributed by atoms with Gasteiger partial charge in [-0.1, -0.05) is 0 Å². The number of hydrogen-bond acceptors (Lipinski definition) is 16. The first kappa shape index (κ1) is 30.8. The van der Waals surface area contributed by atoms with E-state index < -0.39 is 77.3 Å². The molecule has 0 bridgehead atoms. The van der Waals surface area contributed by atoms with Crippen LogP contribution in [-0.2, 0) is 36.8 Å². The normalized spacial score (nSPS) is 26.3. The van der Waals surface area contributed by atoms with Crippen LogP contribution in [0.15, 0.2) is 17.6 Å². The zero-order chi connectivity index (χ0) is 29.1. The lowest BCUT2D eigenvalue weighted by atomic mass is 10.1. The van der Waals surface area contributed by atoms with Crippen molar-refractivity contribution >= 4 is 50.6 Å². The molecule has 22 heteroatoms. The van der Waals surface area contributed by atoms with Crippen molar-refractivity contribution in [2.45, 2.75) is 43.6 Å². The molecule has 2 aromatic rings. The van der Waals surface area contributed by atoms with Crippen molar-refractivity contribution in [3.8, 4) is 0 Å². The number of aliphatic carboxylic acids is 1. The van der Waals surface area contributed by atoms with Crippen LogP contribution in [0.4, 0.5) is 5.82 Å². The number of aromatic nitrogens is 4. The van der Waals surface area contributed by atoms with Gasteiger partial charge in [0.1, 0.15) is 48.5 Å². The largest absolute Gasteiger partial charge is 0.481 e. The number of aliphatic hydroxyl groups is 3. The second-order valence-corrected chi connectivity index (χ2v) is 11.0. The molecule has 0 aliphatic carbocycles. The molecule has 1 fully saturated rings. The maximum Gasteiger partial charge on any atom is 0.481 e. The summed E-state index contributed by atoms with van der Waals surface area (Å²) < 4.78 is 44.0. The molecule has 1 aliphatic rings. The minimum absolute atomic E-state index is 0.0405. The zero-order valence-electron chi connectivity index (χ0n) is 19.8. The molecule has 0 radical (unpaired) electrons. The van der Waals surface area contributed by atoms with E-state index in [0.717, 1.165) is 13.3 Å². The van der Waals surface area contributed by atoms with Crippen LogP contribution in [0, 0.1) is 0 Å². The van der Waals surface area contributed by atoms with Gasteiger partial charge in [0, 0.05) is 0 Å². The minimum atomic E-state index is -5.42. The van der Waals surface area contributed by atoms with Gasteiger partial charge in [-0.25, -0.2) is 28.9 Å². The summed E-state index contributed by atoms with van der Waals surface area (Å²) in [6, 6.07) is -1.35. The lowest BCUT2D eigenvalue weighted by molar-refractivity contribution is -0.129. The Labute approximate surface area is 217 Å². The number of phosphoric acid groups is 2. The molecule has 0 aromatic carbocycles. The number of ether oxygens (including phenoxy) is 1. The van der Waals surface area contributed by atoms with Crippen LogP contribution in [0.1, 0.15) is 13.2 Å². The molecule has 8 atom stereocenters. The van der Waals surface area contributed by atoms with Crippen molar-refractivity contribution in [3.05, 3.63) is 12.7 Å². The van der Waals surface area contributed by atoms with Gasteiger partial charge in [-0.05, 0) is 6.92 Å². The summed E-state index contributed by atoms with van der Waals surface area (Å²) >= 11 is 0. The topological polar surface area (TPSA) is 309 Å².